The smallest absolute Gasteiger partial charge is 0.416 e. The molecule has 12 heteroatoms. The third kappa shape index (κ3) is 5.98. The van der Waals surface area contributed by atoms with Crippen LogP contribution in [0.1, 0.15) is 16.7 Å². The van der Waals surface area contributed by atoms with Gasteiger partial charge in [0.1, 0.15) is 0 Å². The molecule has 2 rings (SSSR count). The summed E-state index contributed by atoms with van der Waals surface area (Å²) >= 11 is 4.82. The number of rotatable bonds is 4. The van der Waals surface area contributed by atoms with Crippen LogP contribution in [-0.2, 0) is 12.4 Å². The molecule has 0 aliphatic rings. The van der Waals surface area contributed by atoms with Crippen molar-refractivity contribution in [2.24, 2.45) is 5.10 Å². The Morgan fingerprint density at radius 3 is 2.17 bits per heavy atom. The summed E-state index contributed by atoms with van der Waals surface area (Å²) in [7, 11) is 1.34. The molecule has 5 nitrogen and oxygen atoms in total. The summed E-state index contributed by atoms with van der Waals surface area (Å²) in [5.41, 5.74) is -1.02. The molecular formula is C17H13F6N3O2S. The second-order valence-electron chi connectivity index (χ2n) is 5.52. The zero-order valence-electron chi connectivity index (χ0n) is 14.5. The Labute approximate surface area is 166 Å². The molecule has 0 atom stereocenters. The van der Waals surface area contributed by atoms with Crippen molar-refractivity contribution in [3.05, 3.63) is 53.1 Å². The first kappa shape index (κ1) is 22.3. The number of ether oxygens (including phenoxy) is 1. The van der Waals surface area contributed by atoms with Crippen LogP contribution in [-0.4, -0.2) is 23.5 Å². The second kappa shape index (κ2) is 8.55. The van der Waals surface area contributed by atoms with E-state index in [1.807, 2.05) is 0 Å². The van der Waals surface area contributed by atoms with Gasteiger partial charge in [-0.3, -0.25) is 5.43 Å². The van der Waals surface area contributed by atoms with Crippen molar-refractivity contribution >= 4 is 29.2 Å². The number of nitrogens with zero attached hydrogens (tertiary/aromatic N) is 1. The Hall–Kier alpha value is -3.02. The first-order valence-electron chi connectivity index (χ1n) is 7.67. The summed E-state index contributed by atoms with van der Waals surface area (Å²) in [4.78, 5) is 0. The number of para-hydroxylation sites is 1. The molecule has 0 unspecified atom stereocenters. The number of thiocarbonyl (C=S) groups is 1. The molecule has 0 heterocycles. The topological polar surface area (TPSA) is 65.9 Å². The lowest BCUT2D eigenvalue weighted by molar-refractivity contribution is -0.143. The van der Waals surface area contributed by atoms with Crippen LogP contribution in [0.5, 0.6) is 11.5 Å². The number of anilines is 1. The third-order valence-electron chi connectivity index (χ3n) is 3.47. The van der Waals surface area contributed by atoms with E-state index in [2.05, 4.69) is 15.8 Å². The van der Waals surface area contributed by atoms with Crippen LogP contribution in [0.25, 0.3) is 0 Å². The molecule has 0 aliphatic carbocycles. The predicted molar refractivity (Wildman–Crippen MR) is 98.1 cm³/mol. The average molecular weight is 437 g/mol. The monoisotopic (exact) mass is 437 g/mol. The standard InChI is InChI=1S/C17H13F6N3O2S/c1-28-13-4-2-3-9(14(13)27)8-24-26-15(29)25-12-6-10(16(18,19)20)5-11(7-12)17(21,22)23/h2-8,27H,1H3,(H2,25,26,29). The molecule has 0 aromatic heterocycles. The number of methoxy groups -OCH3 is 1. The third-order valence-corrected chi connectivity index (χ3v) is 3.66. The highest BCUT2D eigenvalue weighted by Crippen LogP contribution is 2.37. The van der Waals surface area contributed by atoms with Gasteiger partial charge in [-0.05, 0) is 42.5 Å². The highest BCUT2D eigenvalue weighted by Gasteiger charge is 2.37. The average Bonchev–Trinajstić information content (AvgIpc) is 2.61. The van der Waals surface area contributed by atoms with Crippen molar-refractivity contribution in [3.8, 4) is 11.5 Å². The van der Waals surface area contributed by atoms with Crippen LogP contribution < -0.4 is 15.5 Å². The van der Waals surface area contributed by atoms with Gasteiger partial charge in [-0.25, -0.2) is 0 Å². The molecule has 2 aromatic rings. The van der Waals surface area contributed by atoms with Gasteiger partial charge in [0.15, 0.2) is 16.6 Å². The van der Waals surface area contributed by atoms with Gasteiger partial charge in [-0.2, -0.15) is 31.4 Å². The Morgan fingerprint density at radius 1 is 1.07 bits per heavy atom. The molecule has 0 fully saturated rings. The summed E-state index contributed by atoms with van der Waals surface area (Å²) in [6.45, 7) is 0. The van der Waals surface area contributed by atoms with Gasteiger partial charge in [-0.1, -0.05) is 6.07 Å². The number of nitrogens with one attached hydrogen (secondary N) is 2. The number of hydrogen-bond donors (Lipinski definition) is 3. The lowest BCUT2D eigenvalue weighted by Crippen LogP contribution is -2.24. The Balaban J connectivity index is 2.16. The summed E-state index contributed by atoms with van der Waals surface area (Å²) in [6, 6.07) is 5.53. The van der Waals surface area contributed by atoms with Crippen molar-refractivity contribution < 1.29 is 36.2 Å². The van der Waals surface area contributed by atoms with Crippen molar-refractivity contribution in [2.75, 3.05) is 12.4 Å². The van der Waals surface area contributed by atoms with Gasteiger partial charge in [-0.15, -0.1) is 0 Å². The van der Waals surface area contributed by atoms with Gasteiger partial charge in [0.05, 0.1) is 24.5 Å². The molecule has 0 saturated heterocycles. The van der Waals surface area contributed by atoms with E-state index >= 15 is 0 Å². The fraction of sp³-hybridized carbons (Fsp3) is 0.176. The lowest BCUT2D eigenvalue weighted by atomic mass is 10.1. The Bertz CT molecular complexity index is 896. The van der Waals surface area contributed by atoms with Crippen molar-refractivity contribution in [1.82, 2.24) is 5.43 Å². The Kier molecular flexibility index (Phi) is 6.57. The van der Waals surface area contributed by atoms with Gasteiger partial charge in [0, 0.05) is 11.3 Å². The highest BCUT2D eigenvalue weighted by molar-refractivity contribution is 7.80. The number of benzene rings is 2. The number of alkyl halides is 6. The fourth-order valence-electron chi connectivity index (χ4n) is 2.15. The van der Waals surface area contributed by atoms with Crippen LogP contribution in [0.4, 0.5) is 32.0 Å². The van der Waals surface area contributed by atoms with Gasteiger partial charge < -0.3 is 15.2 Å². The maximum absolute atomic E-state index is 12.9. The molecule has 0 amide bonds. The molecule has 0 saturated carbocycles. The maximum atomic E-state index is 12.9. The van der Waals surface area contributed by atoms with E-state index < -0.39 is 29.2 Å². The zero-order chi connectivity index (χ0) is 21.8. The first-order valence-corrected chi connectivity index (χ1v) is 8.08. The summed E-state index contributed by atoms with van der Waals surface area (Å²) in [6.07, 6.45) is -8.82. The number of phenols is 1. The summed E-state index contributed by atoms with van der Waals surface area (Å²) in [5, 5.41) is 15.4. The molecule has 0 aliphatic heterocycles. The van der Waals surface area contributed by atoms with Crippen LogP contribution in [0.3, 0.4) is 0 Å². The maximum Gasteiger partial charge on any atom is 0.416 e. The number of halogens is 6. The van der Waals surface area contributed by atoms with Crippen molar-refractivity contribution in [2.45, 2.75) is 12.4 Å². The number of hydrazone groups is 1. The Morgan fingerprint density at radius 2 is 1.66 bits per heavy atom. The molecule has 2 aromatic carbocycles. The van der Waals surface area contributed by atoms with Crippen LogP contribution in [0.15, 0.2) is 41.5 Å². The van der Waals surface area contributed by atoms with E-state index in [-0.39, 0.29) is 28.2 Å². The van der Waals surface area contributed by atoms with Crippen LogP contribution in [0.2, 0.25) is 0 Å². The number of hydrogen-bond acceptors (Lipinski definition) is 4. The number of phenolic OH excluding ortho intramolecular Hbond substituents is 1. The molecular weight excluding hydrogens is 424 g/mol. The minimum atomic E-state index is -4.98. The minimum Gasteiger partial charge on any atom is -0.504 e. The largest absolute Gasteiger partial charge is 0.504 e. The fourth-order valence-corrected chi connectivity index (χ4v) is 2.33. The van der Waals surface area contributed by atoms with Crippen LogP contribution in [0, 0.1) is 0 Å². The van der Waals surface area contributed by atoms with E-state index in [4.69, 9.17) is 17.0 Å². The van der Waals surface area contributed by atoms with Gasteiger partial charge in [0.2, 0.25) is 0 Å². The van der Waals surface area contributed by atoms with Crippen molar-refractivity contribution in [1.29, 1.82) is 0 Å². The molecule has 0 radical (unpaired) electrons. The molecule has 3 N–H and O–H groups in total. The first-order chi connectivity index (χ1) is 13.4. The van der Waals surface area contributed by atoms with Crippen molar-refractivity contribution in [3.63, 3.8) is 0 Å². The zero-order valence-corrected chi connectivity index (χ0v) is 15.3. The minimum absolute atomic E-state index is 0.00533. The SMILES string of the molecule is COc1cccc(C=NNC(=S)Nc2cc(C(F)(F)F)cc(C(F)(F)F)c2)c1O. The summed E-state index contributed by atoms with van der Waals surface area (Å²) < 4.78 is 82.1. The lowest BCUT2D eigenvalue weighted by Gasteiger charge is -2.15. The van der Waals surface area contributed by atoms with E-state index in [9.17, 15) is 31.4 Å². The highest BCUT2D eigenvalue weighted by atomic mass is 32.1. The normalized spacial score (nSPS) is 12.1. The molecule has 0 bridgehead atoms. The molecule has 156 valence electrons. The van der Waals surface area contributed by atoms with E-state index in [0.29, 0.717) is 12.1 Å². The number of aromatic hydroxyl groups is 1. The van der Waals surface area contributed by atoms with E-state index in [1.165, 1.54) is 19.2 Å². The predicted octanol–water partition coefficient (Wildman–Crippen LogP) is 4.76. The van der Waals surface area contributed by atoms with Gasteiger partial charge >= 0.3 is 12.4 Å². The summed E-state index contributed by atoms with van der Waals surface area (Å²) in [5.74, 6) is -0.0366. The molecule has 0 spiro atoms. The second-order valence-corrected chi connectivity index (χ2v) is 5.93. The van der Waals surface area contributed by atoms with E-state index in [0.717, 1.165) is 6.21 Å². The van der Waals surface area contributed by atoms with Crippen LogP contribution >= 0.6 is 12.2 Å². The molecule has 29 heavy (non-hydrogen) atoms. The quantitative estimate of drug-likeness (QED) is 0.279. The van der Waals surface area contributed by atoms with E-state index in [1.54, 1.807) is 6.07 Å². The van der Waals surface area contributed by atoms with Gasteiger partial charge in [0.25, 0.3) is 0 Å².